The van der Waals surface area contributed by atoms with Crippen molar-refractivity contribution in [2.75, 3.05) is 26.4 Å². The van der Waals surface area contributed by atoms with Gasteiger partial charge in [0.1, 0.15) is 0 Å². The van der Waals surface area contributed by atoms with Gasteiger partial charge in [0.2, 0.25) is 0 Å². The van der Waals surface area contributed by atoms with Gasteiger partial charge in [-0.2, -0.15) is 0 Å². The minimum Gasteiger partial charge on any atom is -0.396 e. The maximum atomic E-state index is 9.06. The Labute approximate surface area is 71.8 Å². The largest absolute Gasteiger partial charge is 0.396 e. The third-order valence-electron chi connectivity index (χ3n) is 2.38. The molecule has 1 aliphatic heterocycles. The Bertz CT molecular complexity index is 129. The number of ether oxygens (including phenoxy) is 1. The second kappa shape index (κ2) is 4.18. The van der Waals surface area contributed by atoms with Crippen molar-refractivity contribution in [2.24, 2.45) is 5.41 Å². The molecular formula is C8H16O4. The summed E-state index contributed by atoms with van der Waals surface area (Å²) in [5.74, 6) is 0. The number of hydrogen-bond donors (Lipinski definition) is 3. The molecule has 12 heavy (non-hydrogen) atoms. The lowest BCUT2D eigenvalue weighted by molar-refractivity contribution is 0.0201. The zero-order valence-corrected chi connectivity index (χ0v) is 7.07. The molecule has 72 valence electrons. The van der Waals surface area contributed by atoms with Gasteiger partial charge in [-0.15, -0.1) is 0 Å². The highest BCUT2D eigenvalue weighted by molar-refractivity contribution is 4.85. The Kier molecular flexibility index (Phi) is 3.46. The molecule has 0 aromatic carbocycles. The molecule has 0 bridgehead atoms. The number of hydrogen-bond acceptors (Lipinski definition) is 4. The van der Waals surface area contributed by atoms with E-state index in [1.807, 2.05) is 0 Å². The van der Waals surface area contributed by atoms with Crippen LogP contribution in [0.25, 0.3) is 0 Å². The topological polar surface area (TPSA) is 73.2 Å². The van der Waals surface area contributed by atoms with Crippen LogP contribution in [0.15, 0.2) is 0 Å². The first-order valence-electron chi connectivity index (χ1n) is 4.20. The summed E-state index contributed by atoms with van der Waals surface area (Å²) in [5, 5.41) is 26.8. The van der Waals surface area contributed by atoms with Gasteiger partial charge in [0.05, 0.1) is 25.9 Å². The van der Waals surface area contributed by atoms with Crippen molar-refractivity contribution in [1.82, 2.24) is 0 Å². The summed E-state index contributed by atoms with van der Waals surface area (Å²) in [6, 6.07) is 0. The van der Waals surface area contributed by atoms with E-state index < -0.39 is 5.41 Å². The van der Waals surface area contributed by atoms with Gasteiger partial charge < -0.3 is 20.1 Å². The van der Waals surface area contributed by atoms with E-state index in [0.29, 0.717) is 19.4 Å². The van der Waals surface area contributed by atoms with E-state index >= 15 is 0 Å². The van der Waals surface area contributed by atoms with Crippen LogP contribution in [0.5, 0.6) is 0 Å². The molecule has 0 saturated carbocycles. The maximum absolute atomic E-state index is 9.06. The first-order valence-corrected chi connectivity index (χ1v) is 4.20. The molecule has 0 spiro atoms. The summed E-state index contributed by atoms with van der Waals surface area (Å²) in [4.78, 5) is 0. The highest BCUT2D eigenvalue weighted by atomic mass is 16.6. The standard InChI is InChI=1S/C8H16O4/c9-2-1-8(5-10,6-11)3-7-4-12-7/h7,9-11H,1-6H2. The van der Waals surface area contributed by atoms with Gasteiger partial charge in [-0.05, 0) is 12.8 Å². The average Bonchev–Trinajstić information content (AvgIpc) is 2.87. The molecule has 0 amide bonds. The lowest BCUT2D eigenvalue weighted by Gasteiger charge is -2.28. The molecule has 3 N–H and O–H groups in total. The van der Waals surface area contributed by atoms with Crippen LogP contribution >= 0.6 is 0 Å². The smallest absolute Gasteiger partial charge is 0.0817 e. The summed E-state index contributed by atoms with van der Waals surface area (Å²) < 4.78 is 5.01. The van der Waals surface area contributed by atoms with Crippen molar-refractivity contribution < 1.29 is 20.1 Å². The fourth-order valence-electron chi connectivity index (χ4n) is 1.35. The number of aliphatic hydroxyl groups excluding tert-OH is 3. The van der Waals surface area contributed by atoms with Gasteiger partial charge in [-0.25, -0.2) is 0 Å². The van der Waals surface area contributed by atoms with Gasteiger partial charge in [0, 0.05) is 12.0 Å². The molecule has 4 heteroatoms. The SMILES string of the molecule is OCCC(CO)(CO)CC1CO1. The molecule has 0 radical (unpaired) electrons. The molecule has 1 unspecified atom stereocenters. The van der Waals surface area contributed by atoms with E-state index in [4.69, 9.17) is 20.1 Å². The van der Waals surface area contributed by atoms with Crippen molar-refractivity contribution in [1.29, 1.82) is 0 Å². The molecule has 1 rings (SSSR count). The number of rotatable bonds is 6. The number of aliphatic hydroxyl groups is 3. The van der Waals surface area contributed by atoms with E-state index in [-0.39, 0.29) is 25.9 Å². The first-order chi connectivity index (χ1) is 5.76. The van der Waals surface area contributed by atoms with Crippen LogP contribution in [0, 0.1) is 5.41 Å². The average molecular weight is 176 g/mol. The Balaban J connectivity index is 2.41. The second-order valence-corrected chi connectivity index (χ2v) is 3.45. The monoisotopic (exact) mass is 176 g/mol. The predicted molar refractivity (Wildman–Crippen MR) is 42.7 cm³/mol. The molecule has 1 saturated heterocycles. The number of epoxide rings is 1. The van der Waals surface area contributed by atoms with Gasteiger partial charge in [0.25, 0.3) is 0 Å². The molecular weight excluding hydrogens is 160 g/mol. The van der Waals surface area contributed by atoms with E-state index in [9.17, 15) is 0 Å². The fraction of sp³-hybridized carbons (Fsp3) is 1.00. The Morgan fingerprint density at radius 3 is 2.17 bits per heavy atom. The summed E-state index contributed by atoms with van der Waals surface area (Å²) in [5.41, 5.74) is -0.546. The molecule has 0 aromatic rings. The quantitative estimate of drug-likeness (QED) is 0.460. The van der Waals surface area contributed by atoms with E-state index in [1.165, 1.54) is 0 Å². The van der Waals surface area contributed by atoms with Crippen LogP contribution in [0.1, 0.15) is 12.8 Å². The van der Waals surface area contributed by atoms with E-state index in [2.05, 4.69) is 0 Å². The lowest BCUT2D eigenvalue weighted by Crippen LogP contribution is -2.32. The van der Waals surface area contributed by atoms with E-state index in [0.717, 1.165) is 0 Å². The van der Waals surface area contributed by atoms with E-state index in [1.54, 1.807) is 0 Å². The zero-order chi connectivity index (χ0) is 9.03. The van der Waals surface area contributed by atoms with Gasteiger partial charge in [-0.3, -0.25) is 0 Å². The van der Waals surface area contributed by atoms with Crippen LogP contribution in [0.2, 0.25) is 0 Å². The lowest BCUT2D eigenvalue weighted by atomic mass is 9.82. The maximum Gasteiger partial charge on any atom is 0.0817 e. The van der Waals surface area contributed by atoms with Crippen molar-refractivity contribution in [2.45, 2.75) is 18.9 Å². The molecule has 0 aliphatic carbocycles. The molecule has 0 aromatic heterocycles. The third kappa shape index (κ3) is 2.42. The zero-order valence-electron chi connectivity index (χ0n) is 7.07. The normalized spacial score (nSPS) is 22.8. The Morgan fingerprint density at radius 1 is 1.25 bits per heavy atom. The van der Waals surface area contributed by atoms with Crippen LogP contribution in [0.3, 0.4) is 0 Å². The highest BCUT2D eigenvalue weighted by Gasteiger charge is 2.36. The summed E-state index contributed by atoms with van der Waals surface area (Å²) in [6.45, 7) is 0.523. The highest BCUT2D eigenvalue weighted by Crippen LogP contribution is 2.32. The molecule has 1 aliphatic rings. The van der Waals surface area contributed by atoms with Crippen molar-refractivity contribution in [3.05, 3.63) is 0 Å². The van der Waals surface area contributed by atoms with Crippen molar-refractivity contribution in [3.63, 3.8) is 0 Å². The molecule has 1 fully saturated rings. The van der Waals surface area contributed by atoms with Crippen LogP contribution < -0.4 is 0 Å². The molecule has 4 nitrogen and oxygen atoms in total. The van der Waals surface area contributed by atoms with Crippen molar-refractivity contribution in [3.8, 4) is 0 Å². The van der Waals surface area contributed by atoms with Crippen LogP contribution in [0.4, 0.5) is 0 Å². The molecule has 1 atom stereocenters. The third-order valence-corrected chi connectivity index (χ3v) is 2.38. The summed E-state index contributed by atoms with van der Waals surface area (Å²) >= 11 is 0. The van der Waals surface area contributed by atoms with Gasteiger partial charge in [-0.1, -0.05) is 0 Å². The summed E-state index contributed by atoms with van der Waals surface area (Å²) in [6.07, 6.45) is 1.25. The predicted octanol–water partition coefficient (Wildman–Crippen LogP) is -0.871. The summed E-state index contributed by atoms with van der Waals surface area (Å²) in [7, 11) is 0. The van der Waals surface area contributed by atoms with Crippen LogP contribution in [-0.4, -0.2) is 47.9 Å². The minimum atomic E-state index is -0.546. The van der Waals surface area contributed by atoms with Gasteiger partial charge >= 0.3 is 0 Å². The second-order valence-electron chi connectivity index (χ2n) is 3.45. The Morgan fingerprint density at radius 2 is 1.83 bits per heavy atom. The van der Waals surface area contributed by atoms with Gasteiger partial charge in [0.15, 0.2) is 0 Å². The van der Waals surface area contributed by atoms with Crippen molar-refractivity contribution >= 4 is 0 Å². The van der Waals surface area contributed by atoms with Crippen LogP contribution in [-0.2, 0) is 4.74 Å². The first kappa shape index (κ1) is 9.92. The fourth-order valence-corrected chi connectivity index (χ4v) is 1.35. The minimum absolute atomic E-state index is 0.00611. The Hall–Kier alpha value is -0.160. The molecule has 1 heterocycles.